The predicted octanol–water partition coefficient (Wildman–Crippen LogP) is 4.26. The van der Waals surface area contributed by atoms with Crippen LogP contribution in [0.1, 0.15) is 38.8 Å². The highest BCUT2D eigenvalue weighted by Crippen LogP contribution is 2.39. The highest BCUT2D eigenvalue weighted by Gasteiger charge is 2.36. The molecule has 0 aliphatic carbocycles. The summed E-state index contributed by atoms with van der Waals surface area (Å²) in [5, 5.41) is 4.26. The van der Waals surface area contributed by atoms with Crippen LogP contribution in [0.25, 0.3) is 0 Å². The lowest BCUT2D eigenvalue weighted by molar-refractivity contribution is 0.343. The molecule has 7 heteroatoms. The van der Waals surface area contributed by atoms with Gasteiger partial charge >= 0.3 is 0 Å². The summed E-state index contributed by atoms with van der Waals surface area (Å²) in [5.74, 6) is 0.930. The van der Waals surface area contributed by atoms with E-state index >= 15 is 0 Å². The lowest BCUT2D eigenvalue weighted by atomic mass is 9.92. The maximum Gasteiger partial charge on any atom is 0.136 e. The minimum Gasteiger partial charge on any atom is -0.598 e. The molecule has 4 nitrogen and oxygen atoms in total. The van der Waals surface area contributed by atoms with Crippen molar-refractivity contribution < 1.29 is 9.29 Å². The molecule has 140 valence electrons. The molecule has 0 saturated carbocycles. The molecule has 25 heavy (non-hydrogen) atoms. The van der Waals surface area contributed by atoms with E-state index in [9.17, 15) is 4.55 Å². The van der Waals surface area contributed by atoms with Gasteiger partial charge < -0.3 is 14.6 Å². The van der Waals surface area contributed by atoms with Crippen molar-refractivity contribution in [1.82, 2.24) is 10.0 Å². The fourth-order valence-electron chi connectivity index (χ4n) is 2.73. The van der Waals surface area contributed by atoms with E-state index in [1.165, 1.54) is 0 Å². The molecule has 2 rings (SSSR count). The summed E-state index contributed by atoms with van der Waals surface area (Å²) in [4.78, 5) is 0. The van der Waals surface area contributed by atoms with Gasteiger partial charge in [-0.25, -0.2) is 0 Å². The maximum absolute atomic E-state index is 12.7. The van der Waals surface area contributed by atoms with Gasteiger partial charge in [0.2, 0.25) is 0 Å². The summed E-state index contributed by atoms with van der Waals surface area (Å²) in [5.41, 5.74) is 0.877. The molecular formula is C18H26Cl2N2O2S. The zero-order chi connectivity index (χ0) is 18.6. The van der Waals surface area contributed by atoms with Crippen molar-refractivity contribution in [3.8, 4) is 5.75 Å². The van der Waals surface area contributed by atoms with E-state index in [4.69, 9.17) is 27.9 Å². The van der Waals surface area contributed by atoms with Crippen LogP contribution in [0.15, 0.2) is 24.8 Å². The summed E-state index contributed by atoms with van der Waals surface area (Å²) >= 11 is 11.2. The van der Waals surface area contributed by atoms with Crippen molar-refractivity contribution in [3.05, 3.63) is 40.4 Å². The van der Waals surface area contributed by atoms with E-state index in [1.807, 2.05) is 26.8 Å². The molecule has 0 radical (unpaired) electrons. The van der Waals surface area contributed by atoms with Crippen LogP contribution in [0.3, 0.4) is 0 Å². The Bertz CT molecular complexity index is 601. The van der Waals surface area contributed by atoms with Crippen LogP contribution in [0.4, 0.5) is 0 Å². The molecule has 2 N–H and O–H groups in total. The van der Waals surface area contributed by atoms with Crippen LogP contribution in [0.2, 0.25) is 10.0 Å². The molecule has 0 amide bonds. The number of hydrogen-bond donors (Lipinski definition) is 2. The van der Waals surface area contributed by atoms with Gasteiger partial charge in [-0.15, -0.1) is 4.72 Å². The van der Waals surface area contributed by atoms with Gasteiger partial charge in [-0.1, -0.05) is 35.9 Å². The van der Waals surface area contributed by atoms with E-state index in [-0.39, 0.29) is 16.7 Å². The van der Waals surface area contributed by atoms with Crippen molar-refractivity contribution in [2.24, 2.45) is 5.92 Å². The Hall–Kier alpha value is -0.430. The van der Waals surface area contributed by atoms with Gasteiger partial charge in [0.15, 0.2) is 0 Å². The highest BCUT2D eigenvalue weighted by molar-refractivity contribution is 7.90. The van der Waals surface area contributed by atoms with Gasteiger partial charge in [0.1, 0.15) is 17.1 Å². The molecule has 0 bridgehead atoms. The molecule has 1 aromatic rings. The molecule has 1 aliphatic rings. The normalized spacial score (nSPS) is 20.3. The Kier molecular flexibility index (Phi) is 7.50. The van der Waals surface area contributed by atoms with E-state index < -0.39 is 11.4 Å². The second-order valence-electron chi connectivity index (χ2n) is 7.13. The molecule has 1 aliphatic heterocycles. The van der Waals surface area contributed by atoms with Crippen molar-refractivity contribution in [3.63, 3.8) is 0 Å². The monoisotopic (exact) mass is 404 g/mol. The lowest BCUT2D eigenvalue weighted by Gasteiger charge is -2.31. The molecule has 1 saturated heterocycles. The third-order valence-electron chi connectivity index (χ3n) is 4.10. The first kappa shape index (κ1) is 20.9. The number of nitrogens with one attached hydrogen (secondary N) is 2. The Morgan fingerprint density at radius 2 is 2.12 bits per heavy atom. The third kappa shape index (κ3) is 5.52. The van der Waals surface area contributed by atoms with Crippen LogP contribution in [-0.4, -0.2) is 29.0 Å². The Balaban J connectivity index is 2.41. The number of benzene rings is 1. The second-order valence-corrected chi connectivity index (χ2v) is 9.95. The Labute approximate surface area is 163 Å². The Morgan fingerprint density at radius 3 is 2.68 bits per heavy atom. The highest BCUT2D eigenvalue weighted by atomic mass is 35.5. The van der Waals surface area contributed by atoms with E-state index in [0.29, 0.717) is 22.4 Å². The maximum atomic E-state index is 12.7. The van der Waals surface area contributed by atoms with Crippen molar-refractivity contribution >= 4 is 34.6 Å². The number of halogens is 2. The van der Waals surface area contributed by atoms with Crippen LogP contribution in [-0.2, 0) is 11.4 Å². The van der Waals surface area contributed by atoms with Gasteiger partial charge in [0.05, 0.1) is 16.1 Å². The molecule has 2 unspecified atom stereocenters. The molecule has 0 spiro atoms. The number of ether oxygens (including phenoxy) is 1. The predicted molar refractivity (Wildman–Crippen MR) is 107 cm³/mol. The molecular weight excluding hydrogens is 379 g/mol. The number of rotatable bonds is 7. The van der Waals surface area contributed by atoms with Crippen LogP contribution in [0.5, 0.6) is 5.75 Å². The summed E-state index contributed by atoms with van der Waals surface area (Å²) < 4.78 is 21.5. The Morgan fingerprint density at radius 1 is 1.44 bits per heavy atom. The zero-order valence-electron chi connectivity index (χ0n) is 14.9. The van der Waals surface area contributed by atoms with Crippen molar-refractivity contribution in [2.45, 2.75) is 38.0 Å². The van der Waals surface area contributed by atoms with Gasteiger partial charge in [-0.3, -0.25) is 0 Å². The minimum atomic E-state index is -1.22. The van der Waals surface area contributed by atoms with Gasteiger partial charge in [-0.05, 0) is 52.3 Å². The fraction of sp³-hybridized carbons (Fsp3) is 0.556. The van der Waals surface area contributed by atoms with Crippen LogP contribution < -0.4 is 14.8 Å². The molecule has 0 aromatic heterocycles. The van der Waals surface area contributed by atoms with Gasteiger partial charge in [0.25, 0.3) is 0 Å². The fourth-order valence-corrected chi connectivity index (χ4v) is 3.96. The average Bonchev–Trinajstić information content (AvgIpc) is 3.06. The summed E-state index contributed by atoms with van der Waals surface area (Å²) in [6, 6.07) is 3.39. The quantitative estimate of drug-likeness (QED) is 0.526. The summed E-state index contributed by atoms with van der Waals surface area (Å²) in [7, 11) is 0. The minimum absolute atomic E-state index is 0.148. The third-order valence-corrected chi connectivity index (χ3v) is 6.41. The number of hydrogen-bond acceptors (Lipinski definition) is 4. The van der Waals surface area contributed by atoms with Gasteiger partial charge in [0, 0.05) is 23.0 Å². The lowest BCUT2D eigenvalue weighted by Crippen LogP contribution is -2.43. The smallest absolute Gasteiger partial charge is 0.136 e. The SMILES string of the molecule is C=CCOc1cc(Cl)c(Cl)cc1C(N[S+]([O-])C(C)(C)C)[C@H]1CCNC1. The first-order valence-corrected chi connectivity index (χ1v) is 10.3. The average molecular weight is 405 g/mol. The summed E-state index contributed by atoms with van der Waals surface area (Å²) in [6.07, 6.45) is 2.67. The molecule has 1 aromatic carbocycles. The standard InChI is InChI=1S/C18H26Cl2N2O2S/c1-5-8-24-16-10-15(20)14(19)9-13(16)17(12-6-7-21-11-12)22-25(23)18(2,3)4/h5,9-10,12,17,21-22H,1,6-8,11H2,2-4H3/t12-,17?,25?/m0/s1. The first-order valence-electron chi connectivity index (χ1n) is 8.35. The van der Waals surface area contributed by atoms with Crippen molar-refractivity contribution in [1.29, 1.82) is 0 Å². The van der Waals surface area contributed by atoms with Crippen LogP contribution in [0, 0.1) is 5.92 Å². The first-order chi connectivity index (χ1) is 11.7. The molecule has 1 fully saturated rings. The van der Waals surface area contributed by atoms with E-state index in [0.717, 1.165) is 25.1 Å². The summed E-state index contributed by atoms with van der Waals surface area (Å²) in [6.45, 7) is 11.7. The van der Waals surface area contributed by atoms with Gasteiger partial charge in [-0.2, -0.15) is 0 Å². The molecule has 3 atom stereocenters. The second kappa shape index (κ2) is 8.98. The van der Waals surface area contributed by atoms with E-state index in [1.54, 1.807) is 12.1 Å². The van der Waals surface area contributed by atoms with E-state index in [2.05, 4.69) is 16.6 Å². The van der Waals surface area contributed by atoms with Crippen molar-refractivity contribution in [2.75, 3.05) is 19.7 Å². The van der Waals surface area contributed by atoms with Crippen LogP contribution >= 0.6 is 23.2 Å². The topological polar surface area (TPSA) is 56.3 Å². The zero-order valence-corrected chi connectivity index (χ0v) is 17.2. The largest absolute Gasteiger partial charge is 0.598 e. The molecule has 1 heterocycles.